The lowest BCUT2D eigenvalue weighted by molar-refractivity contribution is 0.0773. The van der Waals surface area contributed by atoms with Gasteiger partial charge in [0.15, 0.2) is 5.96 Å². The van der Waals surface area contributed by atoms with E-state index in [0.717, 1.165) is 10.1 Å². The SMILES string of the molecule is CCN(N=C(N)N)C(=O)c1cc2ccc(NC(=O)c3cc4cc(C(=O)NC(C)N=C(N)N)ccc4[nH]3)cc2s1. The number of nitrogens with one attached hydrogen (secondary N) is 3. The highest BCUT2D eigenvalue weighted by Crippen LogP contribution is 2.29. The largest absolute Gasteiger partial charge is 0.370 e. The minimum atomic E-state index is -0.593. The molecule has 14 heteroatoms. The van der Waals surface area contributed by atoms with Crippen LogP contribution in [0.25, 0.3) is 21.0 Å². The summed E-state index contributed by atoms with van der Waals surface area (Å²) in [7, 11) is 0. The van der Waals surface area contributed by atoms with Crippen LogP contribution in [0.3, 0.4) is 0 Å². The number of hydrogen-bond donors (Lipinski definition) is 7. The minimum absolute atomic E-state index is 0.127. The van der Waals surface area contributed by atoms with Crippen molar-refractivity contribution in [1.29, 1.82) is 0 Å². The first kappa shape index (κ1) is 26.9. The van der Waals surface area contributed by atoms with Crippen LogP contribution >= 0.6 is 11.3 Å². The number of nitrogens with zero attached hydrogens (tertiary/aromatic N) is 3. The maximum atomic E-state index is 13.0. The molecule has 2 heterocycles. The second-order valence-electron chi connectivity index (χ2n) is 8.55. The molecule has 2 aromatic carbocycles. The number of guanidine groups is 2. The molecule has 2 aromatic heterocycles. The Morgan fingerprint density at radius 2 is 1.74 bits per heavy atom. The molecule has 1 atom stereocenters. The third kappa shape index (κ3) is 6.24. The molecule has 0 aliphatic rings. The molecular weight excluding hydrogens is 520 g/mol. The number of hydrogen-bond acceptors (Lipinski definition) is 6. The highest BCUT2D eigenvalue weighted by atomic mass is 32.1. The van der Waals surface area contributed by atoms with E-state index in [2.05, 4.69) is 25.7 Å². The van der Waals surface area contributed by atoms with E-state index in [-0.39, 0.29) is 29.6 Å². The first-order chi connectivity index (χ1) is 18.5. The van der Waals surface area contributed by atoms with Gasteiger partial charge in [-0.3, -0.25) is 14.4 Å². The van der Waals surface area contributed by atoms with Gasteiger partial charge >= 0.3 is 0 Å². The van der Waals surface area contributed by atoms with Crippen molar-refractivity contribution < 1.29 is 14.4 Å². The van der Waals surface area contributed by atoms with Crippen LogP contribution in [0, 0.1) is 0 Å². The number of amides is 3. The van der Waals surface area contributed by atoms with Gasteiger partial charge in [-0.15, -0.1) is 16.4 Å². The average molecular weight is 549 g/mol. The predicted octanol–water partition coefficient (Wildman–Crippen LogP) is 1.63. The molecule has 3 amide bonds. The Balaban J connectivity index is 1.50. The molecule has 0 saturated carbocycles. The van der Waals surface area contributed by atoms with Crippen LogP contribution in [0.4, 0.5) is 5.69 Å². The number of hydrazone groups is 1. The monoisotopic (exact) mass is 548 g/mol. The number of carbonyl (C=O) groups is 3. The first-order valence-electron chi connectivity index (χ1n) is 11.8. The molecule has 39 heavy (non-hydrogen) atoms. The summed E-state index contributed by atoms with van der Waals surface area (Å²) in [6.07, 6.45) is -0.593. The summed E-state index contributed by atoms with van der Waals surface area (Å²) < 4.78 is 0.805. The number of H-pyrrole nitrogens is 1. The van der Waals surface area contributed by atoms with E-state index in [0.29, 0.717) is 39.3 Å². The number of anilines is 1. The molecule has 4 rings (SSSR count). The van der Waals surface area contributed by atoms with E-state index in [4.69, 9.17) is 22.9 Å². The van der Waals surface area contributed by atoms with Crippen molar-refractivity contribution >= 4 is 67.7 Å². The molecule has 11 N–H and O–H groups in total. The zero-order valence-corrected chi connectivity index (χ0v) is 22.0. The van der Waals surface area contributed by atoms with Crippen LogP contribution in [0.15, 0.2) is 58.6 Å². The van der Waals surface area contributed by atoms with Gasteiger partial charge in [-0.2, -0.15) is 0 Å². The molecule has 0 fully saturated rings. The van der Waals surface area contributed by atoms with E-state index in [1.165, 1.54) is 16.3 Å². The fourth-order valence-electron chi connectivity index (χ4n) is 3.86. The highest BCUT2D eigenvalue weighted by Gasteiger charge is 2.18. The molecule has 0 saturated heterocycles. The van der Waals surface area contributed by atoms with E-state index in [1.54, 1.807) is 56.3 Å². The Bertz CT molecular complexity index is 1630. The number of benzene rings is 2. The van der Waals surface area contributed by atoms with Crippen molar-refractivity contribution in [1.82, 2.24) is 15.3 Å². The quantitative estimate of drug-likeness (QED) is 0.0978. The van der Waals surface area contributed by atoms with E-state index in [1.807, 2.05) is 6.07 Å². The number of carbonyl (C=O) groups excluding carboxylic acids is 3. The number of aromatic nitrogens is 1. The zero-order chi connectivity index (χ0) is 28.3. The summed E-state index contributed by atoms with van der Waals surface area (Å²) >= 11 is 1.27. The predicted molar refractivity (Wildman–Crippen MR) is 153 cm³/mol. The zero-order valence-electron chi connectivity index (χ0n) is 21.2. The van der Waals surface area contributed by atoms with Gasteiger partial charge in [0.1, 0.15) is 11.9 Å². The van der Waals surface area contributed by atoms with Crippen LogP contribution in [0.2, 0.25) is 0 Å². The van der Waals surface area contributed by atoms with Crippen LogP contribution < -0.4 is 33.6 Å². The highest BCUT2D eigenvalue weighted by molar-refractivity contribution is 7.20. The van der Waals surface area contributed by atoms with Crippen molar-refractivity contribution in [3.8, 4) is 0 Å². The van der Waals surface area contributed by atoms with E-state index < -0.39 is 6.17 Å². The van der Waals surface area contributed by atoms with Gasteiger partial charge in [-0.05, 0) is 61.7 Å². The first-order valence-corrected chi connectivity index (χ1v) is 12.6. The number of thiophene rings is 1. The summed E-state index contributed by atoms with van der Waals surface area (Å²) in [5.74, 6) is -1.38. The molecular formula is C25H28N10O3S. The Kier molecular flexibility index (Phi) is 7.67. The molecule has 202 valence electrons. The van der Waals surface area contributed by atoms with Gasteiger partial charge in [0, 0.05) is 33.4 Å². The lowest BCUT2D eigenvalue weighted by Gasteiger charge is -2.13. The van der Waals surface area contributed by atoms with Crippen molar-refractivity contribution in [2.75, 3.05) is 11.9 Å². The lowest BCUT2D eigenvalue weighted by atomic mass is 10.1. The number of aliphatic imine (C=N–C) groups is 1. The standard InChI is InChI=1S/C25H28N10O3S/c1-3-35(34-25(28)29)23(38)20-10-13-4-6-16(11-19(13)39-20)32-22(37)18-9-15-8-14(5-7-17(15)33-18)21(36)30-12(2)31-24(26)27/h4-12,33H,3H2,1-2H3,(H,30,36)(H,32,37)(H4,26,27,31)(H4,28,29,34). The molecule has 0 spiro atoms. The molecule has 0 aliphatic carbocycles. The fourth-order valence-corrected chi connectivity index (χ4v) is 4.91. The Morgan fingerprint density at radius 1 is 0.974 bits per heavy atom. The van der Waals surface area contributed by atoms with Gasteiger partial charge in [-0.1, -0.05) is 6.07 Å². The summed E-state index contributed by atoms with van der Waals surface area (Å²) in [4.78, 5) is 45.7. The van der Waals surface area contributed by atoms with Crippen LogP contribution in [-0.4, -0.2) is 52.3 Å². The van der Waals surface area contributed by atoms with Gasteiger partial charge in [0.05, 0.1) is 4.88 Å². The maximum absolute atomic E-state index is 13.0. The number of rotatable bonds is 8. The molecule has 0 radical (unpaired) electrons. The molecule has 4 aromatic rings. The van der Waals surface area contributed by atoms with Gasteiger partial charge in [-0.25, -0.2) is 10.0 Å². The van der Waals surface area contributed by atoms with Crippen molar-refractivity contribution in [3.63, 3.8) is 0 Å². The van der Waals surface area contributed by atoms with Gasteiger partial charge < -0.3 is 38.6 Å². The fraction of sp³-hybridized carbons (Fsp3) is 0.160. The van der Waals surface area contributed by atoms with Gasteiger partial charge in [0.2, 0.25) is 5.96 Å². The topological polar surface area (TPSA) is 223 Å². The minimum Gasteiger partial charge on any atom is -0.370 e. The lowest BCUT2D eigenvalue weighted by Crippen LogP contribution is -2.35. The van der Waals surface area contributed by atoms with Gasteiger partial charge in [0.25, 0.3) is 17.7 Å². The van der Waals surface area contributed by atoms with E-state index >= 15 is 0 Å². The molecule has 1 unspecified atom stereocenters. The second kappa shape index (κ2) is 11.1. The van der Waals surface area contributed by atoms with Crippen molar-refractivity contribution in [2.24, 2.45) is 33.0 Å². The molecule has 13 nitrogen and oxygen atoms in total. The van der Waals surface area contributed by atoms with Crippen molar-refractivity contribution in [3.05, 3.63) is 64.7 Å². The second-order valence-corrected chi connectivity index (χ2v) is 9.64. The summed E-state index contributed by atoms with van der Waals surface area (Å²) in [5, 5.41) is 12.1. The summed E-state index contributed by atoms with van der Waals surface area (Å²) in [6, 6.07) is 13.8. The normalized spacial score (nSPS) is 11.5. The average Bonchev–Trinajstić information content (AvgIpc) is 3.49. The Morgan fingerprint density at radius 3 is 2.44 bits per heavy atom. The smallest absolute Gasteiger partial charge is 0.284 e. The van der Waals surface area contributed by atoms with Crippen LogP contribution in [0.1, 0.15) is 44.4 Å². The van der Waals surface area contributed by atoms with Crippen molar-refractivity contribution in [2.45, 2.75) is 20.0 Å². The summed E-state index contributed by atoms with van der Waals surface area (Å²) in [6.45, 7) is 3.72. The van der Waals surface area contributed by atoms with E-state index in [9.17, 15) is 14.4 Å². The maximum Gasteiger partial charge on any atom is 0.284 e. The number of nitrogens with two attached hydrogens (primary N) is 4. The Labute approximate surface area is 226 Å². The van der Waals surface area contributed by atoms with Crippen LogP contribution in [0.5, 0.6) is 0 Å². The number of fused-ring (bicyclic) bond motifs is 2. The third-order valence-corrected chi connectivity index (χ3v) is 6.65. The number of aromatic amines is 1. The summed E-state index contributed by atoms with van der Waals surface area (Å²) in [5.41, 5.74) is 23.5. The molecule has 0 bridgehead atoms. The third-order valence-electron chi connectivity index (χ3n) is 5.57. The molecule has 0 aliphatic heterocycles. The van der Waals surface area contributed by atoms with Crippen LogP contribution in [-0.2, 0) is 0 Å². The Hall–Kier alpha value is -5.11.